The van der Waals surface area contributed by atoms with Crippen molar-refractivity contribution in [2.45, 2.75) is 13.0 Å². The summed E-state index contributed by atoms with van der Waals surface area (Å²) in [7, 11) is 0. The van der Waals surface area contributed by atoms with Crippen LogP contribution in [0.1, 0.15) is 23.0 Å². The van der Waals surface area contributed by atoms with Crippen molar-refractivity contribution in [3.05, 3.63) is 71.8 Å². The summed E-state index contributed by atoms with van der Waals surface area (Å²) < 4.78 is 0. The largest absolute Gasteiger partial charge is 0.271 e. The van der Waals surface area contributed by atoms with Crippen molar-refractivity contribution in [2.24, 2.45) is 5.84 Å². The molecule has 4 heteroatoms. The van der Waals surface area contributed by atoms with Crippen molar-refractivity contribution in [3.8, 4) is 0 Å². The molecule has 1 aromatic carbocycles. The molecular weight excluding hydrogens is 248 g/mol. The van der Waals surface area contributed by atoms with Gasteiger partial charge >= 0.3 is 0 Å². The SMILES string of the molecule is Cc1cccc(C(NN)c2cccc3cnccc23)n1. The van der Waals surface area contributed by atoms with E-state index in [9.17, 15) is 0 Å². The van der Waals surface area contributed by atoms with E-state index in [0.29, 0.717) is 0 Å². The molecule has 3 aromatic rings. The zero-order chi connectivity index (χ0) is 13.9. The lowest BCUT2D eigenvalue weighted by Crippen LogP contribution is -2.29. The van der Waals surface area contributed by atoms with Gasteiger partial charge in [-0.2, -0.15) is 0 Å². The van der Waals surface area contributed by atoms with Gasteiger partial charge in [0.15, 0.2) is 0 Å². The van der Waals surface area contributed by atoms with Crippen molar-refractivity contribution in [1.82, 2.24) is 15.4 Å². The Morgan fingerprint density at radius 2 is 1.95 bits per heavy atom. The number of hydrogen-bond acceptors (Lipinski definition) is 4. The monoisotopic (exact) mass is 264 g/mol. The highest BCUT2D eigenvalue weighted by Crippen LogP contribution is 2.27. The predicted molar refractivity (Wildman–Crippen MR) is 79.9 cm³/mol. The molecule has 0 saturated carbocycles. The normalized spacial score (nSPS) is 12.5. The number of hydrazine groups is 1. The number of benzene rings is 1. The maximum absolute atomic E-state index is 5.77. The van der Waals surface area contributed by atoms with Crippen LogP contribution in [-0.2, 0) is 0 Å². The number of pyridine rings is 2. The van der Waals surface area contributed by atoms with Gasteiger partial charge in [-0.15, -0.1) is 0 Å². The summed E-state index contributed by atoms with van der Waals surface area (Å²) in [6, 6.07) is 13.9. The first kappa shape index (κ1) is 12.7. The van der Waals surface area contributed by atoms with Crippen molar-refractivity contribution >= 4 is 10.8 Å². The van der Waals surface area contributed by atoms with Gasteiger partial charge in [0.05, 0.1) is 11.7 Å². The van der Waals surface area contributed by atoms with E-state index >= 15 is 0 Å². The molecule has 0 aliphatic carbocycles. The average Bonchev–Trinajstić information content (AvgIpc) is 2.48. The van der Waals surface area contributed by atoms with Gasteiger partial charge in [-0.3, -0.25) is 15.8 Å². The highest BCUT2D eigenvalue weighted by Gasteiger charge is 2.16. The molecule has 2 aromatic heterocycles. The summed E-state index contributed by atoms with van der Waals surface area (Å²) >= 11 is 0. The van der Waals surface area contributed by atoms with Crippen molar-refractivity contribution in [2.75, 3.05) is 0 Å². The molecule has 4 nitrogen and oxygen atoms in total. The van der Waals surface area contributed by atoms with Crippen LogP contribution in [0.4, 0.5) is 0 Å². The Balaban J connectivity index is 2.17. The smallest absolute Gasteiger partial charge is 0.0887 e. The molecule has 100 valence electrons. The summed E-state index contributed by atoms with van der Waals surface area (Å²) in [5, 5.41) is 2.23. The molecule has 1 unspecified atom stereocenters. The number of aryl methyl sites for hydroxylation is 1. The summed E-state index contributed by atoms with van der Waals surface area (Å²) in [6.07, 6.45) is 3.65. The fourth-order valence-corrected chi connectivity index (χ4v) is 2.46. The van der Waals surface area contributed by atoms with Crippen LogP contribution in [-0.4, -0.2) is 9.97 Å². The molecule has 0 fully saturated rings. The summed E-state index contributed by atoms with van der Waals surface area (Å²) in [5.74, 6) is 5.77. The molecule has 0 aliphatic rings. The van der Waals surface area contributed by atoms with Crippen molar-refractivity contribution in [3.63, 3.8) is 0 Å². The fraction of sp³-hybridized carbons (Fsp3) is 0.125. The van der Waals surface area contributed by atoms with Gasteiger partial charge in [-0.05, 0) is 36.1 Å². The summed E-state index contributed by atoms with van der Waals surface area (Å²) in [4.78, 5) is 8.73. The minimum atomic E-state index is -0.138. The Bertz CT molecular complexity index is 734. The van der Waals surface area contributed by atoms with Crippen molar-refractivity contribution < 1.29 is 0 Å². The third-order valence-electron chi connectivity index (χ3n) is 3.40. The molecular formula is C16H16N4. The second-order valence-electron chi connectivity index (χ2n) is 4.75. The van der Waals surface area contributed by atoms with Crippen LogP contribution in [0.15, 0.2) is 54.9 Å². The van der Waals surface area contributed by atoms with Crippen LogP contribution in [0.5, 0.6) is 0 Å². The van der Waals surface area contributed by atoms with E-state index in [-0.39, 0.29) is 6.04 Å². The number of nitrogens with two attached hydrogens (primary N) is 1. The maximum atomic E-state index is 5.77. The lowest BCUT2D eigenvalue weighted by Gasteiger charge is -2.18. The first-order chi connectivity index (χ1) is 9.79. The molecule has 1 atom stereocenters. The highest BCUT2D eigenvalue weighted by molar-refractivity contribution is 5.85. The second-order valence-corrected chi connectivity index (χ2v) is 4.75. The molecule has 0 saturated heterocycles. The van der Waals surface area contributed by atoms with Gasteiger partial charge in [0.2, 0.25) is 0 Å². The van der Waals surface area contributed by atoms with E-state index in [1.54, 1.807) is 6.20 Å². The third kappa shape index (κ3) is 2.27. The first-order valence-corrected chi connectivity index (χ1v) is 6.52. The maximum Gasteiger partial charge on any atom is 0.0887 e. The number of nitrogens with zero attached hydrogens (tertiary/aromatic N) is 2. The lowest BCUT2D eigenvalue weighted by atomic mass is 9.98. The Morgan fingerprint density at radius 3 is 2.75 bits per heavy atom. The number of hydrogen-bond donors (Lipinski definition) is 2. The van der Waals surface area contributed by atoms with Crippen LogP contribution in [0.25, 0.3) is 10.8 Å². The van der Waals surface area contributed by atoms with Crippen LogP contribution >= 0.6 is 0 Å². The lowest BCUT2D eigenvalue weighted by molar-refractivity contribution is 0.623. The highest BCUT2D eigenvalue weighted by atomic mass is 15.2. The minimum Gasteiger partial charge on any atom is -0.271 e. The van der Waals surface area contributed by atoms with Gasteiger partial charge in [-0.1, -0.05) is 24.3 Å². The topological polar surface area (TPSA) is 63.8 Å². The average molecular weight is 264 g/mol. The quantitative estimate of drug-likeness (QED) is 0.563. The Hall–Kier alpha value is -2.30. The van der Waals surface area contributed by atoms with Crippen LogP contribution in [0.3, 0.4) is 0 Å². The van der Waals surface area contributed by atoms with E-state index in [1.807, 2.05) is 49.5 Å². The zero-order valence-corrected chi connectivity index (χ0v) is 11.2. The van der Waals surface area contributed by atoms with Gasteiger partial charge < -0.3 is 0 Å². The molecule has 3 rings (SSSR count). The van der Waals surface area contributed by atoms with Crippen LogP contribution in [0, 0.1) is 6.92 Å². The van der Waals surface area contributed by atoms with Gasteiger partial charge in [-0.25, -0.2) is 5.43 Å². The predicted octanol–water partition coefficient (Wildman–Crippen LogP) is 2.49. The Kier molecular flexibility index (Phi) is 3.41. The number of aromatic nitrogens is 2. The minimum absolute atomic E-state index is 0.138. The molecule has 0 bridgehead atoms. The first-order valence-electron chi connectivity index (χ1n) is 6.52. The molecule has 0 spiro atoms. The van der Waals surface area contributed by atoms with E-state index in [2.05, 4.69) is 21.5 Å². The molecule has 0 aliphatic heterocycles. The van der Waals surface area contributed by atoms with Gasteiger partial charge in [0, 0.05) is 23.5 Å². The molecule has 20 heavy (non-hydrogen) atoms. The second kappa shape index (κ2) is 5.36. The Labute approximate surface area is 117 Å². The van der Waals surface area contributed by atoms with Gasteiger partial charge in [0.25, 0.3) is 0 Å². The van der Waals surface area contributed by atoms with E-state index in [4.69, 9.17) is 5.84 Å². The number of rotatable bonds is 3. The molecule has 3 N–H and O–H groups in total. The fourth-order valence-electron chi connectivity index (χ4n) is 2.46. The van der Waals surface area contributed by atoms with E-state index < -0.39 is 0 Å². The van der Waals surface area contributed by atoms with E-state index in [0.717, 1.165) is 27.7 Å². The molecule has 0 amide bonds. The van der Waals surface area contributed by atoms with Crippen molar-refractivity contribution in [1.29, 1.82) is 0 Å². The number of fused-ring (bicyclic) bond motifs is 1. The summed E-state index contributed by atoms with van der Waals surface area (Å²) in [6.45, 7) is 1.98. The third-order valence-corrected chi connectivity index (χ3v) is 3.40. The van der Waals surface area contributed by atoms with Crippen LogP contribution in [0.2, 0.25) is 0 Å². The summed E-state index contributed by atoms with van der Waals surface area (Å²) in [5.41, 5.74) is 5.86. The molecule has 2 heterocycles. The van der Waals surface area contributed by atoms with Gasteiger partial charge in [0.1, 0.15) is 0 Å². The Morgan fingerprint density at radius 1 is 1.10 bits per heavy atom. The van der Waals surface area contributed by atoms with Crippen LogP contribution < -0.4 is 11.3 Å². The van der Waals surface area contributed by atoms with E-state index in [1.165, 1.54) is 0 Å². The number of nitrogens with one attached hydrogen (secondary N) is 1. The molecule has 0 radical (unpaired) electrons. The zero-order valence-electron chi connectivity index (χ0n) is 11.2. The standard InChI is InChI=1S/C16H16N4/c1-11-4-2-7-15(19-11)16(20-17)14-6-3-5-12-10-18-9-8-13(12)14/h2-10,16,20H,17H2,1H3.